The summed E-state index contributed by atoms with van der Waals surface area (Å²) in [7, 11) is 0. The van der Waals surface area contributed by atoms with Crippen LogP contribution in [0.25, 0.3) is 0 Å². The van der Waals surface area contributed by atoms with E-state index in [0.717, 1.165) is 13.0 Å². The molecule has 3 N–H and O–H groups in total. The van der Waals surface area contributed by atoms with Crippen molar-refractivity contribution in [3.63, 3.8) is 0 Å². The van der Waals surface area contributed by atoms with Crippen LogP contribution in [0.4, 0.5) is 5.95 Å². The third kappa shape index (κ3) is 1.59. The lowest BCUT2D eigenvalue weighted by Crippen LogP contribution is -2.39. The number of nitrogens with two attached hydrogens (primary N) is 1. The minimum atomic E-state index is 0.126. The fraction of sp³-hybridized carbons (Fsp3) is 0.778. The van der Waals surface area contributed by atoms with Crippen molar-refractivity contribution in [1.82, 2.24) is 15.5 Å². The molecule has 0 saturated carbocycles. The maximum Gasteiger partial charge on any atom is 0.260 e. The molecule has 0 amide bonds. The van der Waals surface area contributed by atoms with Crippen LogP contribution in [0.3, 0.4) is 0 Å². The van der Waals surface area contributed by atoms with Crippen molar-refractivity contribution in [2.24, 2.45) is 5.41 Å². The van der Waals surface area contributed by atoms with Gasteiger partial charge >= 0.3 is 0 Å². The van der Waals surface area contributed by atoms with Gasteiger partial charge in [-0.05, 0) is 30.0 Å². The molecule has 1 aromatic heterocycles. The van der Waals surface area contributed by atoms with Crippen LogP contribution in [0.5, 0.6) is 0 Å². The summed E-state index contributed by atoms with van der Waals surface area (Å²) in [6.45, 7) is 5.39. The van der Waals surface area contributed by atoms with Gasteiger partial charge in [-0.1, -0.05) is 13.8 Å². The third-order valence-electron chi connectivity index (χ3n) is 2.83. The maximum atomic E-state index is 5.43. The van der Waals surface area contributed by atoms with Gasteiger partial charge < -0.3 is 15.6 Å². The zero-order valence-electron chi connectivity index (χ0n) is 8.58. The lowest BCUT2D eigenvalue weighted by Gasteiger charge is -2.36. The van der Waals surface area contributed by atoms with Gasteiger partial charge in [0.2, 0.25) is 5.89 Å². The third-order valence-corrected chi connectivity index (χ3v) is 2.83. The molecule has 1 aliphatic heterocycles. The molecule has 1 unspecified atom stereocenters. The number of nitrogens with one attached hydrogen (secondary N) is 1. The molecule has 78 valence electrons. The minimum absolute atomic E-state index is 0.126. The lowest BCUT2D eigenvalue weighted by atomic mass is 9.77. The van der Waals surface area contributed by atoms with Crippen LogP contribution in [0, 0.1) is 5.41 Å². The first-order chi connectivity index (χ1) is 6.59. The van der Waals surface area contributed by atoms with Gasteiger partial charge in [0.05, 0.1) is 6.04 Å². The van der Waals surface area contributed by atoms with Crippen molar-refractivity contribution < 1.29 is 4.52 Å². The van der Waals surface area contributed by atoms with Gasteiger partial charge in [0.1, 0.15) is 0 Å². The molecule has 14 heavy (non-hydrogen) atoms. The van der Waals surface area contributed by atoms with Crippen molar-refractivity contribution in [1.29, 1.82) is 0 Å². The summed E-state index contributed by atoms with van der Waals surface area (Å²) >= 11 is 0. The molecule has 5 nitrogen and oxygen atoms in total. The van der Waals surface area contributed by atoms with Gasteiger partial charge in [0.15, 0.2) is 0 Å². The Morgan fingerprint density at radius 3 is 2.93 bits per heavy atom. The maximum absolute atomic E-state index is 5.43. The van der Waals surface area contributed by atoms with Crippen LogP contribution in [0.1, 0.15) is 38.6 Å². The van der Waals surface area contributed by atoms with Crippen molar-refractivity contribution in [3.8, 4) is 0 Å². The summed E-state index contributed by atoms with van der Waals surface area (Å²) < 4.78 is 5.09. The summed E-state index contributed by atoms with van der Waals surface area (Å²) in [6, 6.07) is 0.126. The Kier molecular flexibility index (Phi) is 2.19. The van der Waals surface area contributed by atoms with Gasteiger partial charge in [-0.3, -0.25) is 0 Å². The van der Waals surface area contributed by atoms with E-state index >= 15 is 0 Å². The van der Waals surface area contributed by atoms with E-state index in [-0.39, 0.29) is 17.4 Å². The van der Waals surface area contributed by atoms with E-state index < -0.39 is 0 Å². The van der Waals surface area contributed by atoms with Gasteiger partial charge in [0.25, 0.3) is 5.95 Å². The van der Waals surface area contributed by atoms with Gasteiger partial charge in [-0.25, -0.2) is 0 Å². The summed E-state index contributed by atoms with van der Waals surface area (Å²) in [5.74, 6) is 0.815. The van der Waals surface area contributed by atoms with Crippen molar-refractivity contribution in [2.45, 2.75) is 32.7 Å². The predicted octanol–water partition coefficient (Wildman–Crippen LogP) is 1.10. The Labute approximate surface area is 83.1 Å². The molecule has 5 heteroatoms. The van der Waals surface area contributed by atoms with E-state index in [1.165, 1.54) is 6.42 Å². The normalized spacial score (nSPS) is 26.3. The van der Waals surface area contributed by atoms with Crippen molar-refractivity contribution in [2.75, 3.05) is 12.3 Å². The first kappa shape index (κ1) is 9.45. The molecule has 1 atom stereocenters. The second kappa shape index (κ2) is 3.24. The molecule has 1 fully saturated rings. The highest BCUT2D eigenvalue weighted by Gasteiger charge is 2.36. The highest BCUT2D eigenvalue weighted by atomic mass is 16.5. The number of hydrogen-bond donors (Lipinski definition) is 2. The first-order valence-corrected chi connectivity index (χ1v) is 4.92. The molecule has 0 aliphatic carbocycles. The first-order valence-electron chi connectivity index (χ1n) is 4.92. The molecule has 0 radical (unpaired) electrons. The highest BCUT2D eigenvalue weighted by molar-refractivity contribution is 5.13. The molecule has 1 aromatic rings. The summed E-state index contributed by atoms with van der Waals surface area (Å²) in [5.41, 5.74) is 5.58. The zero-order chi connectivity index (χ0) is 10.2. The fourth-order valence-electron chi connectivity index (χ4n) is 2.00. The number of piperidine rings is 1. The Morgan fingerprint density at radius 1 is 1.57 bits per heavy atom. The Morgan fingerprint density at radius 2 is 2.36 bits per heavy atom. The van der Waals surface area contributed by atoms with Gasteiger partial charge in [-0.15, -0.1) is 0 Å². The quantitative estimate of drug-likeness (QED) is 0.703. The van der Waals surface area contributed by atoms with E-state index in [9.17, 15) is 0 Å². The molecular weight excluding hydrogens is 180 g/mol. The Hall–Kier alpha value is -1.10. The minimum Gasteiger partial charge on any atom is -0.365 e. The molecule has 2 rings (SSSR count). The highest BCUT2D eigenvalue weighted by Crippen LogP contribution is 2.39. The van der Waals surface area contributed by atoms with E-state index in [2.05, 4.69) is 29.3 Å². The number of anilines is 1. The van der Waals surface area contributed by atoms with E-state index in [1.807, 2.05) is 0 Å². The van der Waals surface area contributed by atoms with Gasteiger partial charge in [-0.2, -0.15) is 4.98 Å². The van der Waals surface area contributed by atoms with Crippen LogP contribution >= 0.6 is 0 Å². The summed E-state index contributed by atoms with van der Waals surface area (Å²) in [6.07, 6.45) is 2.35. The Balaban J connectivity index is 2.23. The van der Waals surface area contributed by atoms with Crippen LogP contribution in [0.2, 0.25) is 0 Å². The monoisotopic (exact) mass is 196 g/mol. The second-order valence-electron chi connectivity index (χ2n) is 4.47. The number of nitrogen functional groups attached to an aromatic ring is 1. The lowest BCUT2D eigenvalue weighted by molar-refractivity contribution is 0.147. The number of rotatable bonds is 1. The van der Waals surface area contributed by atoms with Crippen LogP contribution in [-0.2, 0) is 0 Å². The smallest absolute Gasteiger partial charge is 0.260 e. The average Bonchev–Trinajstić information content (AvgIpc) is 2.51. The van der Waals surface area contributed by atoms with Crippen LogP contribution in [-0.4, -0.2) is 16.7 Å². The Bertz CT molecular complexity index is 320. The predicted molar refractivity (Wildman–Crippen MR) is 52.5 cm³/mol. The summed E-state index contributed by atoms with van der Waals surface area (Å²) in [5, 5.41) is 7.00. The molecular formula is C9H16N4O. The molecule has 2 heterocycles. The van der Waals surface area contributed by atoms with Crippen LogP contribution in [0.15, 0.2) is 4.52 Å². The largest absolute Gasteiger partial charge is 0.365 e. The van der Waals surface area contributed by atoms with Crippen molar-refractivity contribution in [3.05, 3.63) is 5.89 Å². The zero-order valence-corrected chi connectivity index (χ0v) is 8.58. The summed E-state index contributed by atoms with van der Waals surface area (Å²) in [4.78, 5) is 4.07. The molecule has 0 spiro atoms. The number of aromatic nitrogens is 2. The molecule has 1 saturated heterocycles. The average molecular weight is 196 g/mol. The van der Waals surface area contributed by atoms with Crippen LogP contribution < -0.4 is 11.1 Å². The standard InChI is InChI=1S/C9H16N4O/c1-9(2)4-3-5-11-6(9)7-12-8(10)13-14-7/h6,11H,3-5H2,1-2H3,(H2,10,13). The van der Waals surface area contributed by atoms with E-state index in [0.29, 0.717) is 5.89 Å². The van der Waals surface area contributed by atoms with Crippen molar-refractivity contribution >= 4 is 5.95 Å². The molecule has 1 aliphatic rings. The number of hydrogen-bond acceptors (Lipinski definition) is 5. The SMILES string of the molecule is CC1(C)CCCNC1c1nc(N)no1. The molecule has 0 aromatic carbocycles. The van der Waals surface area contributed by atoms with E-state index in [1.54, 1.807) is 0 Å². The second-order valence-corrected chi connectivity index (χ2v) is 4.47. The number of nitrogens with zero attached hydrogens (tertiary/aromatic N) is 2. The topological polar surface area (TPSA) is 77.0 Å². The van der Waals surface area contributed by atoms with Gasteiger partial charge in [0, 0.05) is 0 Å². The van der Waals surface area contributed by atoms with E-state index in [4.69, 9.17) is 10.3 Å². The molecule has 0 bridgehead atoms. The fourth-order valence-corrected chi connectivity index (χ4v) is 2.00.